The number of nitrogens with one attached hydrogen (secondary N) is 1. The summed E-state index contributed by atoms with van der Waals surface area (Å²) in [5.74, 6) is 2.45. The maximum Gasteiger partial charge on any atom is 0.230 e. The average molecular weight is 405 g/mol. The van der Waals surface area contributed by atoms with Crippen LogP contribution in [0.4, 0.5) is 0 Å². The van der Waals surface area contributed by atoms with Gasteiger partial charge in [0.2, 0.25) is 5.91 Å². The lowest BCUT2D eigenvalue weighted by molar-refractivity contribution is -0.119. The number of carbonyl (C=O) groups excluding carboxylic acids is 1. The number of rotatable bonds is 8. The van der Waals surface area contributed by atoms with E-state index in [-0.39, 0.29) is 11.9 Å². The molecule has 1 heterocycles. The fourth-order valence-electron chi connectivity index (χ4n) is 3.71. The second kappa shape index (κ2) is 8.03. The van der Waals surface area contributed by atoms with E-state index in [1.807, 2.05) is 36.4 Å². The molecule has 3 aromatic rings. The Kier molecular flexibility index (Phi) is 5.10. The van der Waals surface area contributed by atoms with Gasteiger partial charge in [0.05, 0.1) is 11.8 Å². The minimum absolute atomic E-state index is 0.0475. The van der Waals surface area contributed by atoms with Crippen LogP contribution in [0.5, 0.6) is 0 Å². The van der Waals surface area contributed by atoms with Crippen molar-refractivity contribution in [3.8, 4) is 5.69 Å². The number of thioether (sulfide) groups is 1. The minimum atomic E-state index is 0.0475. The topological polar surface area (TPSA) is 59.8 Å². The maximum absolute atomic E-state index is 12.7. The quantitative estimate of drug-likeness (QED) is 0.562. The van der Waals surface area contributed by atoms with Crippen molar-refractivity contribution < 1.29 is 4.79 Å². The van der Waals surface area contributed by atoms with Gasteiger partial charge in [-0.1, -0.05) is 60.3 Å². The van der Waals surface area contributed by atoms with E-state index in [2.05, 4.69) is 44.3 Å². The van der Waals surface area contributed by atoms with Crippen LogP contribution in [-0.4, -0.2) is 26.4 Å². The number of amides is 1. The predicted molar refractivity (Wildman–Crippen MR) is 114 cm³/mol. The van der Waals surface area contributed by atoms with Crippen molar-refractivity contribution in [1.82, 2.24) is 20.1 Å². The van der Waals surface area contributed by atoms with Gasteiger partial charge in [-0.3, -0.25) is 9.36 Å². The Morgan fingerprint density at radius 1 is 1.00 bits per heavy atom. The molecule has 2 aromatic carbocycles. The van der Waals surface area contributed by atoms with Crippen molar-refractivity contribution >= 4 is 17.7 Å². The number of benzene rings is 2. The zero-order chi connectivity index (χ0) is 19.6. The fraction of sp³-hybridized carbons (Fsp3) is 0.348. The summed E-state index contributed by atoms with van der Waals surface area (Å²) in [6.45, 7) is 0. The second-order valence-electron chi connectivity index (χ2n) is 7.87. The summed E-state index contributed by atoms with van der Waals surface area (Å²) in [7, 11) is 0. The van der Waals surface area contributed by atoms with E-state index in [1.165, 1.54) is 30.2 Å². The van der Waals surface area contributed by atoms with Gasteiger partial charge >= 0.3 is 0 Å². The van der Waals surface area contributed by atoms with E-state index >= 15 is 0 Å². The molecular weight excluding hydrogens is 380 g/mol. The van der Waals surface area contributed by atoms with Gasteiger partial charge in [-0.25, -0.2) is 0 Å². The highest BCUT2D eigenvalue weighted by Crippen LogP contribution is 2.42. The Morgan fingerprint density at radius 3 is 2.34 bits per heavy atom. The molecule has 29 heavy (non-hydrogen) atoms. The highest BCUT2D eigenvalue weighted by atomic mass is 32.2. The normalized spacial score (nSPS) is 17.1. The number of para-hydroxylation sites is 1. The predicted octanol–water partition coefficient (Wildman–Crippen LogP) is 4.50. The molecule has 0 spiro atoms. The van der Waals surface area contributed by atoms with Gasteiger partial charge in [-0.15, -0.1) is 10.2 Å². The Balaban J connectivity index is 1.29. The molecule has 2 saturated carbocycles. The summed E-state index contributed by atoms with van der Waals surface area (Å²) in [4.78, 5) is 12.7. The number of nitrogens with zero attached hydrogens (tertiary/aromatic N) is 3. The zero-order valence-electron chi connectivity index (χ0n) is 16.2. The average Bonchev–Trinajstić information content (AvgIpc) is 3.70. The van der Waals surface area contributed by atoms with E-state index in [4.69, 9.17) is 0 Å². The smallest absolute Gasteiger partial charge is 0.230 e. The number of hydrogen-bond acceptors (Lipinski definition) is 4. The third-order valence-corrected chi connectivity index (χ3v) is 6.45. The summed E-state index contributed by atoms with van der Waals surface area (Å²) in [6, 6.07) is 20.6. The van der Waals surface area contributed by atoms with Gasteiger partial charge in [0.15, 0.2) is 5.16 Å². The molecule has 1 N–H and O–H groups in total. The summed E-state index contributed by atoms with van der Waals surface area (Å²) in [5, 5.41) is 12.9. The summed E-state index contributed by atoms with van der Waals surface area (Å²) >= 11 is 1.46. The highest BCUT2D eigenvalue weighted by Gasteiger charge is 2.34. The van der Waals surface area contributed by atoms with Crippen LogP contribution in [0.25, 0.3) is 5.69 Å². The van der Waals surface area contributed by atoms with Gasteiger partial charge in [-0.2, -0.15) is 0 Å². The van der Waals surface area contributed by atoms with E-state index < -0.39 is 0 Å². The molecule has 5 rings (SSSR count). The first kappa shape index (κ1) is 18.4. The van der Waals surface area contributed by atoms with E-state index in [9.17, 15) is 4.79 Å². The Morgan fingerprint density at radius 2 is 1.69 bits per heavy atom. The van der Waals surface area contributed by atoms with Crippen LogP contribution in [0.15, 0.2) is 65.8 Å². The first-order valence-corrected chi connectivity index (χ1v) is 11.3. The summed E-state index contributed by atoms with van der Waals surface area (Å²) in [5.41, 5.74) is 2.25. The van der Waals surface area contributed by atoms with Crippen LogP contribution in [0.1, 0.15) is 49.0 Å². The first-order chi connectivity index (χ1) is 14.3. The largest absolute Gasteiger partial charge is 0.348 e. The Hall–Kier alpha value is -2.60. The molecule has 1 unspecified atom stereocenters. The molecular formula is C23H24N4OS. The molecule has 148 valence electrons. The monoisotopic (exact) mass is 404 g/mol. The van der Waals surface area contributed by atoms with Gasteiger partial charge in [0.25, 0.3) is 0 Å². The molecule has 0 radical (unpaired) electrons. The van der Waals surface area contributed by atoms with Crippen LogP contribution in [-0.2, 0) is 4.79 Å². The standard InChI is InChI=1S/C23H24N4OS/c28-20(24-21(17-11-12-17)16-7-3-1-4-8-16)15-29-23-26-25-22(18-13-14-18)27(23)19-9-5-2-6-10-19/h1-10,17-18,21H,11-15H2,(H,24,28). The van der Waals surface area contributed by atoms with Crippen molar-refractivity contribution in [2.75, 3.05) is 5.75 Å². The van der Waals surface area contributed by atoms with Crippen molar-refractivity contribution in [2.24, 2.45) is 5.92 Å². The first-order valence-electron chi connectivity index (χ1n) is 10.3. The Labute approximate surface area is 174 Å². The van der Waals surface area contributed by atoms with E-state index in [0.717, 1.165) is 29.5 Å². The lowest BCUT2D eigenvalue weighted by atomic mass is 10.0. The molecule has 0 bridgehead atoms. The van der Waals surface area contributed by atoms with Gasteiger partial charge in [-0.05, 0) is 49.3 Å². The van der Waals surface area contributed by atoms with E-state index in [0.29, 0.717) is 17.6 Å². The maximum atomic E-state index is 12.7. The molecule has 0 aliphatic heterocycles. The summed E-state index contributed by atoms with van der Waals surface area (Å²) < 4.78 is 2.12. The van der Waals surface area contributed by atoms with Crippen molar-refractivity contribution in [3.05, 3.63) is 72.1 Å². The molecule has 0 saturated heterocycles. The third kappa shape index (κ3) is 4.22. The van der Waals surface area contributed by atoms with Crippen molar-refractivity contribution in [3.63, 3.8) is 0 Å². The number of aromatic nitrogens is 3. The number of hydrogen-bond donors (Lipinski definition) is 1. The molecule has 5 nitrogen and oxygen atoms in total. The van der Waals surface area contributed by atoms with Crippen LogP contribution < -0.4 is 5.32 Å². The van der Waals surface area contributed by atoms with Crippen LogP contribution in [0.3, 0.4) is 0 Å². The zero-order valence-corrected chi connectivity index (χ0v) is 17.0. The lowest BCUT2D eigenvalue weighted by Crippen LogP contribution is -2.31. The molecule has 6 heteroatoms. The van der Waals surface area contributed by atoms with Crippen LogP contribution in [0, 0.1) is 5.92 Å². The van der Waals surface area contributed by atoms with Gasteiger partial charge < -0.3 is 5.32 Å². The fourth-order valence-corrected chi connectivity index (χ4v) is 4.48. The van der Waals surface area contributed by atoms with Crippen molar-refractivity contribution in [1.29, 1.82) is 0 Å². The summed E-state index contributed by atoms with van der Waals surface area (Å²) in [6.07, 6.45) is 4.69. The van der Waals surface area contributed by atoms with Crippen LogP contribution >= 0.6 is 11.8 Å². The third-order valence-electron chi connectivity index (χ3n) is 5.52. The molecule has 2 fully saturated rings. The minimum Gasteiger partial charge on any atom is -0.348 e. The van der Waals surface area contributed by atoms with Gasteiger partial charge in [0.1, 0.15) is 5.82 Å². The van der Waals surface area contributed by atoms with E-state index in [1.54, 1.807) is 0 Å². The van der Waals surface area contributed by atoms with Crippen molar-refractivity contribution in [2.45, 2.75) is 42.8 Å². The Bertz CT molecular complexity index is 981. The molecule has 1 amide bonds. The number of carbonyl (C=O) groups is 1. The SMILES string of the molecule is O=C(CSc1nnc(C2CC2)n1-c1ccccc1)NC(c1ccccc1)C1CC1. The molecule has 2 aliphatic carbocycles. The molecule has 1 atom stereocenters. The second-order valence-corrected chi connectivity index (χ2v) is 8.81. The lowest BCUT2D eigenvalue weighted by Gasteiger charge is -2.18. The highest BCUT2D eigenvalue weighted by molar-refractivity contribution is 7.99. The molecule has 1 aromatic heterocycles. The van der Waals surface area contributed by atoms with Crippen LogP contribution in [0.2, 0.25) is 0 Å². The molecule has 2 aliphatic rings. The van der Waals surface area contributed by atoms with Gasteiger partial charge in [0, 0.05) is 11.6 Å².